The van der Waals surface area contributed by atoms with Crippen molar-refractivity contribution < 1.29 is 27.9 Å². The van der Waals surface area contributed by atoms with Crippen LogP contribution < -0.4 is 4.90 Å². The number of rotatable bonds is 8. The van der Waals surface area contributed by atoms with Crippen molar-refractivity contribution in [2.45, 2.75) is 71.6 Å². The van der Waals surface area contributed by atoms with Crippen molar-refractivity contribution in [1.29, 1.82) is 0 Å². The van der Waals surface area contributed by atoms with E-state index < -0.39 is 17.7 Å². The van der Waals surface area contributed by atoms with E-state index in [9.17, 15) is 27.9 Å². The molecule has 3 aliphatic rings. The Morgan fingerprint density at radius 3 is 2.42 bits per heavy atom. The van der Waals surface area contributed by atoms with Gasteiger partial charge in [0.1, 0.15) is 5.82 Å². The third kappa shape index (κ3) is 6.60. The van der Waals surface area contributed by atoms with Crippen molar-refractivity contribution in [3.8, 4) is 11.4 Å². The average molecular weight is 592 g/mol. The summed E-state index contributed by atoms with van der Waals surface area (Å²) in [7, 11) is 0. The molecule has 2 heterocycles. The summed E-state index contributed by atoms with van der Waals surface area (Å²) in [4.78, 5) is 31.8. The molecule has 0 atom stereocenters. The summed E-state index contributed by atoms with van der Waals surface area (Å²) < 4.78 is 44.6. The molecule has 6 nitrogen and oxygen atoms in total. The van der Waals surface area contributed by atoms with E-state index in [1.54, 1.807) is 40.1 Å². The Kier molecular flexibility index (Phi) is 8.62. The van der Waals surface area contributed by atoms with Crippen molar-refractivity contribution >= 4 is 17.6 Å². The van der Waals surface area contributed by atoms with Crippen LogP contribution in [0.4, 0.5) is 18.9 Å². The number of carbonyl (C=O) groups excluding carboxylic acids is 1. The molecule has 1 aliphatic carbocycles. The number of hydrogen-bond donors (Lipinski definition) is 1. The molecular weight excluding hydrogens is 555 g/mol. The molecule has 1 N–H and O–H groups in total. The van der Waals surface area contributed by atoms with E-state index in [1.165, 1.54) is 12.1 Å². The van der Waals surface area contributed by atoms with Gasteiger partial charge in [-0.05, 0) is 105 Å². The van der Waals surface area contributed by atoms with Crippen LogP contribution in [-0.2, 0) is 23.9 Å². The summed E-state index contributed by atoms with van der Waals surface area (Å²) in [6.07, 6.45) is 2.15. The van der Waals surface area contributed by atoms with E-state index in [2.05, 4.69) is 11.9 Å². The monoisotopic (exact) mass is 591 g/mol. The predicted octanol–water partition coefficient (Wildman–Crippen LogP) is 7.91. The second-order valence-electron chi connectivity index (χ2n) is 11.9. The van der Waals surface area contributed by atoms with Crippen LogP contribution in [-0.4, -0.2) is 32.6 Å². The second-order valence-corrected chi connectivity index (χ2v) is 11.9. The zero-order valence-electron chi connectivity index (χ0n) is 24.6. The number of aromatic carboxylic acids is 1. The Labute approximate surface area is 249 Å². The van der Waals surface area contributed by atoms with Gasteiger partial charge in [0.05, 0.1) is 16.8 Å². The Morgan fingerprint density at radius 1 is 1.02 bits per heavy atom. The molecule has 2 aromatic rings. The Balaban J connectivity index is 1.44. The van der Waals surface area contributed by atoms with Gasteiger partial charge in [0.15, 0.2) is 0 Å². The maximum atomic E-state index is 14.3. The lowest BCUT2D eigenvalue weighted by molar-refractivity contribution is -0.138. The number of carboxylic acids is 1. The number of halogens is 3. The van der Waals surface area contributed by atoms with E-state index in [0.717, 1.165) is 37.3 Å². The molecular formula is C34H36F3N3O3. The third-order valence-corrected chi connectivity index (χ3v) is 8.42. The maximum Gasteiger partial charge on any atom is 0.416 e. The van der Waals surface area contributed by atoms with E-state index in [4.69, 9.17) is 0 Å². The normalized spacial score (nSPS) is 17.4. The number of carboxylic acid groups (broad SMARTS) is 1. The third-order valence-electron chi connectivity index (χ3n) is 8.42. The smallest absolute Gasteiger partial charge is 0.416 e. The van der Waals surface area contributed by atoms with Crippen LogP contribution in [0, 0.1) is 11.8 Å². The minimum Gasteiger partial charge on any atom is -0.478 e. The highest BCUT2D eigenvalue weighted by molar-refractivity contribution is 6.03. The van der Waals surface area contributed by atoms with Gasteiger partial charge in [-0.1, -0.05) is 25.1 Å². The first-order valence-electron chi connectivity index (χ1n) is 14.7. The number of anilines is 1. The molecule has 1 amide bonds. The zero-order chi connectivity index (χ0) is 30.9. The number of nitrogens with zero attached hydrogens (tertiary/aromatic N) is 3. The number of carbonyl (C=O) groups is 2. The van der Waals surface area contributed by atoms with Gasteiger partial charge in [0.2, 0.25) is 5.91 Å². The van der Waals surface area contributed by atoms with E-state index in [0.29, 0.717) is 22.9 Å². The molecule has 0 aromatic heterocycles. The van der Waals surface area contributed by atoms with Crippen molar-refractivity contribution in [1.82, 2.24) is 9.55 Å². The number of fused-ring (bicyclic) bond motifs is 1. The minimum atomic E-state index is -4.60. The van der Waals surface area contributed by atoms with Gasteiger partial charge in [-0.2, -0.15) is 13.2 Å². The molecule has 2 aliphatic heterocycles. The van der Waals surface area contributed by atoms with E-state index in [1.807, 2.05) is 32.0 Å². The predicted molar refractivity (Wildman–Crippen MR) is 159 cm³/mol. The second kappa shape index (κ2) is 12.2. The van der Waals surface area contributed by atoms with Gasteiger partial charge >= 0.3 is 12.1 Å². The standard InChI is InChI=1S/C34H36F3N3O3/c1-21(2)40(32(41)26-10-6-22(3)7-11-26)30-13-9-23(18-28(30)33(42)43)17-27-12-8-24(19-29(27)34(35,36)37)20-39-16-4-5-25-14-15-38-31(25)39/h4-5,8-9,12-16,18-19,21-22,26H,6-7,10-11,17,20H2,1-3H3,(H,42,43). The van der Waals surface area contributed by atoms with Crippen LogP contribution >= 0.6 is 0 Å². The zero-order valence-corrected chi connectivity index (χ0v) is 24.6. The molecule has 5 rings (SSSR count). The summed E-state index contributed by atoms with van der Waals surface area (Å²) in [5, 5.41) is 10.1. The summed E-state index contributed by atoms with van der Waals surface area (Å²) in [5.74, 6) is -0.253. The van der Waals surface area contributed by atoms with Crippen molar-refractivity contribution in [2.24, 2.45) is 11.8 Å². The molecule has 0 bridgehead atoms. The lowest BCUT2D eigenvalue weighted by Crippen LogP contribution is -2.43. The Hall–Kier alpha value is -4.14. The van der Waals surface area contributed by atoms with Gasteiger partial charge in [-0.15, -0.1) is 0 Å². The van der Waals surface area contributed by atoms with Crippen LogP contribution in [0.1, 0.15) is 79.1 Å². The van der Waals surface area contributed by atoms with E-state index in [-0.39, 0.29) is 47.6 Å². The molecule has 226 valence electrons. The number of alkyl halides is 3. The summed E-state index contributed by atoms with van der Waals surface area (Å²) in [6, 6.07) is 14.1. The van der Waals surface area contributed by atoms with Crippen molar-refractivity contribution in [3.05, 3.63) is 94.8 Å². The van der Waals surface area contributed by atoms with Crippen LogP contribution in [0.3, 0.4) is 0 Å². The van der Waals surface area contributed by atoms with Crippen LogP contribution in [0.2, 0.25) is 0 Å². The highest BCUT2D eigenvalue weighted by Gasteiger charge is 2.35. The van der Waals surface area contributed by atoms with E-state index >= 15 is 0 Å². The first kappa shape index (κ1) is 30.3. The molecule has 0 spiro atoms. The number of benzene rings is 2. The minimum absolute atomic E-state index is 0.0445. The van der Waals surface area contributed by atoms with Crippen molar-refractivity contribution in [2.75, 3.05) is 4.90 Å². The van der Waals surface area contributed by atoms with Crippen LogP contribution in [0.5, 0.6) is 0 Å². The molecule has 1 fully saturated rings. The number of pyridine rings is 1. The summed E-state index contributed by atoms with van der Waals surface area (Å²) >= 11 is 0. The first-order chi connectivity index (χ1) is 20.4. The van der Waals surface area contributed by atoms with Gasteiger partial charge in [-0.3, -0.25) is 4.79 Å². The Bertz CT molecular complexity index is 1590. The molecule has 43 heavy (non-hydrogen) atoms. The maximum absolute atomic E-state index is 14.3. The SMILES string of the molecule is CC1CCC(C(=O)N(c2ccc(Cc3ccc(Cn4cccc5ccnc4-5)cc3C(F)(F)F)cc2C(=O)O)C(C)C)CC1. The molecule has 1 saturated carbocycles. The topological polar surface area (TPSA) is 75.4 Å². The number of hydrogen-bond acceptors (Lipinski definition) is 3. The lowest BCUT2D eigenvalue weighted by Gasteiger charge is -2.34. The summed E-state index contributed by atoms with van der Waals surface area (Å²) in [6.45, 7) is 6.06. The fraction of sp³-hybridized carbons (Fsp3) is 0.382. The van der Waals surface area contributed by atoms with Gasteiger partial charge in [0, 0.05) is 36.5 Å². The highest BCUT2D eigenvalue weighted by atomic mass is 19.4. The Morgan fingerprint density at radius 2 is 1.74 bits per heavy atom. The first-order valence-corrected chi connectivity index (χ1v) is 14.7. The highest BCUT2D eigenvalue weighted by Crippen LogP contribution is 2.36. The van der Waals surface area contributed by atoms with Gasteiger partial charge < -0.3 is 14.6 Å². The van der Waals surface area contributed by atoms with Crippen LogP contribution in [0.15, 0.2) is 67.0 Å². The fourth-order valence-electron chi connectivity index (χ4n) is 6.14. The fourth-order valence-corrected chi connectivity index (χ4v) is 6.14. The molecule has 0 unspecified atom stereocenters. The van der Waals surface area contributed by atoms with Gasteiger partial charge in [0.25, 0.3) is 0 Å². The number of aromatic nitrogens is 2. The molecule has 0 saturated heterocycles. The number of amides is 1. The summed E-state index contributed by atoms with van der Waals surface area (Å²) in [5.41, 5.74) is 1.25. The van der Waals surface area contributed by atoms with Crippen molar-refractivity contribution in [3.63, 3.8) is 0 Å². The molecule has 2 aromatic carbocycles. The van der Waals surface area contributed by atoms with Gasteiger partial charge in [-0.25, -0.2) is 9.78 Å². The lowest BCUT2D eigenvalue weighted by atomic mass is 9.82. The molecule has 0 radical (unpaired) electrons. The molecule has 9 heteroatoms. The quantitative estimate of drug-likeness (QED) is 0.226. The largest absolute Gasteiger partial charge is 0.478 e. The average Bonchev–Trinajstić information content (AvgIpc) is 3.44. The van der Waals surface area contributed by atoms with Crippen LogP contribution in [0.25, 0.3) is 11.4 Å².